The summed E-state index contributed by atoms with van der Waals surface area (Å²) in [6, 6.07) is 10.2. The molecule has 2 nitrogen and oxygen atoms in total. The summed E-state index contributed by atoms with van der Waals surface area (Å²) in [6.45, 7) is 4.35. The molecule has 1 aromatic carbocycles. The minimum atomic E-state index is -0.351. The molecule has 0 aliphatic heterocycles. The van der Waals surface area contributed by atoms with Crippen LogP contribution in [0.3, 0.4) is 0 Å². The average molecular weight is 298 g/mol. The molecule has 0 atom stereocenters. The second-order valence-corrected chi connectivity index (χ2v) is 6.45. The number of thioether (sulfide) groups is 1. The van der Waals surface area contributed by atoms with Gasteiger partial charge in [0, 0.05) is 4.90 Å². The van der Waals surface area contributed by atoms with Crippen molar-refractivity contribution in [2.45, 2.75) is 62.2 Å². The highest BCUT2D eigenvalue weighted by atomic mass is 32.2. The van der Waals surface area contributed by atoms with E-state index < -0.39 is 0 Å². The van der Waals surface area contributed by atoms with E-state index in [-0.39, 0.29) is 13.6 Å². The van der Waals surface area contributed by atoms with E-state index in [4.69, 9.17) is 4.52 Å². The summed E-state index contributed by atoms with van der Waals surface area (Å²) in [5.74, 6) is 0. The van der Waals surface area contributed by atoms with Gasteiger partial charge in [0.1, 0.15) is 4.93 Å². The molecule has 0 aromatic heterocycles. The molecule has 0 radical (unpaired) electrons. The van der Waals surface area contributed by atoms with Crippen molar-refractivity contribution in [3.8, 4) is 0 Å². The van der Waals surface area contributed by atoms with Gasteiger partial charge in [0.05, 0.1) is 0 Å². The first-order chi connectivity index (χ1) is 9.26. The summed E-state index contributed by atoms with van der Waals surface area (Å²) < 4.78 is 16.6. The SMILES string of the molecule is CCCCC(CCCC)(OP=O)Sc1ccccc1. The van der Waals surface area contributed by atoms with Crippen LogP contribution in [-0.4, -0.2) is 4.93 Å². The van der Waals surface area contributed by atoms with Crippen LogP contribution in [0, 0.1) is 0 Å². The Labute approximate surface area is 122 Å². The third kappa shape index (κ3) is 6.07. The highest BCUT2D eigenvalue weighted by Gasteiger charge is 2.32. The van der Waals surface area contributed by atoms with Crippen LogP contribution in [0.1, 0.15) is 52.4 Å². The first-order valence-corrected chi connectivity index (χ1v) is 8.56. The van der Waals surface area contributed by atoms with Crippen molar-refractivity contribution < 1.29 is 9.09 Å². The van der Waals surface area contributed by atoms with Crippen molar-refractivity contribution in [2.24, 2.45) is 0 Å². The molecule has 0 aliphatic carbocycles. The molecule has 1 aromatic rings. The predicted octanol–water partition coefficient (Wildman–Crippen LogP) is 6.08. The molecule has 4 heteroatoms. The van der Waals surface area contributed by atoms with Gasteiger partial charge in [-0.05, 0) is 37.8 Å². The molecule has 0 heterocycles. The van der Waals surface area contributed by atoms with E-state index in [1.165, 1.54) is 4.90 Å². The summed E-state index contributed by atoms with van der Waals surface area (Å²) in [7, 11) is -0.215. The Morgan fingerprint density at radius 3 is 2.16 bits per heavy atom. The van der Waals surface area contributed by atoms with E-state index in [0.717, 1.165) is 38.5 Å². The molecule has 0 aliphatic rings. The molecule has 1 rings (SSSR count). The quantitative estimate of drug-likeness (QED) is 0.297. The van der Waals surface area contributed by atoms with Gasteiger partial charge in [0.25, 0.3) is 0 Å². The number of benzene rings is 1. The van der Waals surface area contributed by atoms with Crippen LogP contribution in [0.25, 0.3) is 0 Å². The first-order valence-electron chi connectivity index (χ1n) is 7.01. The van der Waals surface area contributed by atoms with Crippen LogP contribution in [0.15, 0.2) is 35.2 Å². The van der Waals surface area contributed by atoms with Crippen LogP contribution in [0.5, 0.6) is 0 Å². The monoisotopic (exact) mass is 298 g/mol. The Hall–Kier alpha value is -0.370. The van der Waals surface area contributed by atoms with Crippen LogP contribution < -0.4 is 0 Å². The molecule has 0 N–H and O–H groups in total. The van der Waals surface area contributed by atoms with Gasteiger partial charge in [-0.1, -0.05) is 56.7 Å². The fourth-order valence-corrected chi connectivity index (χ4v) is 3.77. The Morgan fingerprint density at radius 2 is 1.68 bits per heavy atom. The second-order valence-electron chi connectivity index (χ2n) is 4.70. The van der Waals surface area contributed by atoms with Crippen molar-refractivity contribution >= 4 is 20.4 Å². The molecular weight excluding hydrogens is 275 g/mol. The van der Waals surface area contributed by atoms with Crippen molar-refractivity contribution in [1.29, 1.82) is 0 Å². The lowest BCUT2D eigenvalue weighted by Gasteiger charge is -2.30. The smallest absolute Gasteiger partial charge is 0.276 e. The maximum Gasteiger partial charge on any atom is 0.328 e. The molecule has 0 saturated heterocycles. The molecule has 0 unspecified atom stereocenters. The molecule has 106 valence electrons. The van der Waals surface area contributed by atoms with Crippen LogP contribution in [0.4, 0.5) is 0 Å². The van der Waals surface area contributed by atoms with Crippen molar-refractivity contribution in [2.75, 3.05) is 0 Å². The van der Waals surface area contributed by atoms with E-state index >= 15 is 0 Å². The van der Waals surface area contributed by atoms with Gasteiger partial charge in [-0.3, -0.25) is 4.52 Å². The van der Waals surface area contributed by atoms with Gasteiger partial charge >= 0.3 is 8.69 Å². The average Bonchev–Trinajstić information content (AvgIpc) is 2.44. The Balaban J connectivity index is 2.82. The van der Waals surface area contributed by atoms with Crippen LogP contribution >= 0.6 is 20.4 Å². The largest absolute Gasteiger partial charge is 0.328 e. The number of hydrogen-bond acceptors (Lipinski definition) is 3. The van der Waals surface area contributed by atoms with Crippen LogP contribution in [-0.2, 0) is 9.09 Å². The van der Waals surface area contributed by atoms with Crippen LogP contribution in [0.2, 0.25) is 0 Å². The summed E-state index contributed by atoms with van der Waals surface area (Å²) in [6.07, 6.45) is 6.33. The topological polar surface area (TPSA) is 26.3 Å². The minimum Gasteiger partial charge on any atom is -0.276 e. The summed E-state index contributed by atoms with van der Waals surface area (Å²) in [5, 5.41) is 0. The summed E-state index contributed by atoms with van der Waals surface area (Å²) in [4.78, 5) is 0.829. The molecule has 0 fully saturated rings. The van der Waals surface area contributed by atoms with Gasteiger partial charge in [-0.25, -0.2) is 4.57 Å². The maximum absolute atomic E-state index is 11.0. The van der Waals surface area contributed by atoms with Crippen molar-refractivity contribution in [1.82, 2.24) is 0 Å². The molecular formula is C15H23O2PS. The normalized spacial score (nSPS) is 11.9. The second kappa shape index (κ2) is 9.52. The van der Waals surface area contributed by atoms with Gasteiger partial charge in [0.15, 0.2) is 0 Å². The lowest BCUT2D eigenvalue weighted by molar-refractivity contribution is 0.157. The standard InChI is InChI=1S/C15H23O2PS/c1-3-5-12-15(17-18-16,13-6-4-2)19-14-10-8-7-9-11-14/h7-11H,3-6,12-13H2,1-2H3. The minimum absolute atomic E-state index is 0.215. The molecule has 0 saturated carbocycles. The molecule has 0 spiro atoms. The fourth-order valence-electron chi connectivity index (χ4n) is 2.00. The number of hydrogen-bond donors (Lipinski definition) is 0. The first kappa shape index (κ1) is 16.7. The number of rotatable bonds is 10. The zero-order valence-electron chi connectivity index (χ0n) is 11.8. The predicted molar refractivity (Wildman–Crippen MR) is 82.8 cm³/mol. The fraction of sp³-hybridized carbons (Fsp3) is 0.600. The van der Waals surface area contributed by atoms with E-state index in [1.54, 1.807) is 11.8 Å². The Kier molecular flexibility index (Phi) is 8.36. The molecule has 19 heavy (non-hydrogen) atoms. The van der Waals surface area contributed by atoms with Gasteiger partial charge in [-0.2, -0.15) is 0 Å². The van der Waals surface area contributed by atoms with Crippen molar-refractivity contribution in [3.05, 3.63) is 30.3 Å². The zero-order valence-corrected chi connectivity index (χ0v) is 13.5. The summed E-state index contributed by atoms with van der Waals surface area (Å²) >= 11 is 1.71. The molecule has 0 bridgehead atoms. The molecule has 0 amide bonds. The van der Waals surface area contributed by atoms with E-state index in [2.05, 4.69) is 26.0 Å². The maximum atomic E-state index is 11.0. The van der Waals surface area contributed by atoms with Gasteiger partial charge < -0.3 is 0 Å². The highest BCUT2D eigenvalue weighted by molar-refractivity contribution is 8.00. The van der Waals surface area contributed by atoms with E-state index in [0.29, 0.717) is 0 Å². The van der Waals surface area contributed by atoms with Gasteiger partial charge in [-0.15, -0.1) is 0 Å². The lowest BCUT2D eigenvalue weighted by Crippen LogP contribution is -2.25. The Morgan fingerprint density at radius 1 is 1.11 bits per heavy atom. The zero-order chi connectivity index (χ0) is 14.0. The lowest BCUT2D eigenvalue weighted by atomic mass is 10.1. The van der Waals surface area contributed by atoms with E-state index in [9.17, 15) is 4.57 Å². The third-order valence-corrected chi connectivity index (χ3v) is 4.99. The Bertz CT molecular complexity index is 348. The number of unbranched alkanes of at least 4 members (excludes halogenated alkanes) is 2. The third-order valence-electron chi connectivity index (χ3n) is 3.07. The van der Waals surface area contributed by atoms with Gasteiger partial charge in [0.2, 0.25) is 0 Å². The highest BCUT2D eigenvalue weighted by Crippen LogP contribution is 2.43. The van der Waals surface area contributed by atoms with Crippen molar-refractivity contribution in [3.63, 3.8) is 0 Å². The van der Waals surface area contributed by atoms with E-state index in [1.807, 2.05) is 18.2 Å². The summed E-state index contributed by atoms with van der Waals surface area (Å²) in [5.41, 5.74) is 0.